The number of hydrogen-bond acceptors (Lipinski definition) is 8. The number of thiazole rings is 1. The highest BCUT2D eigenvalue weighted by molar-refractivity contribution is 7.19. The molecule has 4 rings (SSSR count). The first-order valence-electron chi connectivity index (χ1n) is 10.9. The summed E-state index contributed by atoms with van der Waals surface area (Å²) in [6.45, 7) is 1.47. The highest BCUT2D eigenvalue weighted by Gasteiger charge is 2.35. The Morgan fingerprint density at radius 2 is 2.06 bits per heavy atom. The van der Waals surface area contributed by atoms with Crippen LogP contribution in [-0.4, -0.2) is 46.9 Å². The van der Waals surface area contributed by atoms with E-state index in [4.69, 9.17) is 16.2 Å². The lowest BCUT2D eigenvalue weighted by atomic mass is 10.1. The summed E-state index contributed by atoms with van der Waals surface area (Å²) < 4.78 is 47.6. The molecule has 2 aromatic heterocycles. The van der Waals surface area contributed by atoms with Gasteiger partial charge in [0, 0.05) is 31.7 Å². The number of aromatic nitrogens is 3. The normalized spacial score (nSPS) is 16.7. The van der Waals surface area contributed by atoms with Gasteiger partial charge in [0.15, 0.2) is 11.5 Å². The lowest BCUT2D eigenvalue weighted by molar-refractivity contribution is -0.137. The number of amides is 1. The number of nitrogens with one attached hydrogen (secondary N) is 1. The van der Waals surface area contributed by atoms with Crippen molar-refractivity contribution in [3.8, 4) is 16.3 Å². The number of ether oxygens (including phenoxy) is 1. The molecule has 188 valence electrons. The number of nitrogens with two attached hydrogens (primary N) is 2. The minimum Gasteiger partial charge on any atom is -0.497 e. The van der Waals surface area contributed by atoms with Gasteiger partial charge in [0.25, 0.3) is 5.91 Å². The highest BCUT2D eigenvalue weighted by atomic mass is 32.1. The molecule has 1 amide bonds. The van der Waals surface area contributed by atoms with Gasteiger partial charge in [-0.3, -0.25) is 9.48 Å². The zero-order valence-corrected chi connectivity index (χ0v) is 20.0. The molecule has 1 aliphatic heterocycles. The van der Waals surface area contributed by atoms with Crippen LogP contribution in [0.15, 0.2) is 24.4 Å². The van der Waals surface area contributed by atoms with Crippen LogP contribution in [0.3, 0.4) is 0 Å². The second kappa shape index (κ2) is 9.74. The quantitative estimate of drug-likeness (QED) is 0.479. The van der Waals surface area contributed by atoms with E-state index in [-0.39, 0.29) is 33.1 Å². The number of nitrogen functional groups attached to an aromatic ring is 1. The number of carbonyl (C=O) groups is 1. The molecule has 0 aliphatic carbocycles. The Balaban J connectivity index is 1.62. The lowest BCUT2D eigenvalue weighted by Gasteiger charge is -2.24. The number of hydrogen-bond donors (Lipinski definition) is 3. The van der Waals surface area contributed by atoms with Gasteiger partial charge in [-0.15, -0.1) is 0 Å². The highest BCUT2D eigenvalue weighted by Crippen LogP contribution is 2.41. The first-order chi connectivity index (χ1) is 16.6. The van der Waals surface area contributed by atoms with Crippen LogP contribution in [-0.2, 0) is 13.2 Å². The van der Waals surface area contributed by atoms with E-state index >= 15 is 0 Å². The van der Waals surface area contributed by atoms with Crippen LogP contribution in [0.1, 0.15) is 35.3 Å². The number of halogens is 3. The van der Waals surface area contributed by atoms with Crippen LogP contribution in [0.2, 0.25) is 0 Å². The smallest absolute Gasteiger partial charge is 0.417 e. The second-order valence-electron chi connectivity index (χ2n) is 8.28. The Labute approximate surface area is 203 Å². The summed E-state index contributed by atoms with van der Waals surface area (Å²) in [5, 5.41) is 7.02. The molecule has 1 fully saturated rings. The molecule has 1 aromatic carbocycles. The molecular weight excluding hydrogens is 483 g/mol. The fourth-order valence-electron chi connectivity index (χ4n) is 4.09. The number of anilines is 3. The number of benzene rings is 1. The van der Waals surface area contributed by atoms with Crippen molar-refractivity contribution < 1.29 is 22.7 Å². The average Bonchev–Trinajstić information content (AvgIpc) is 3.29. The fraction of sp³-hybridized carbons (Fsp3) is 0.409. The van der Waals surface area contributed by atoms with Crippen molar-refractivity contribution in [2.24, 2.45) is 12.8 Å². The van der Waals surface area contributed by atoms with E-state index in [0.717, 1.165) is 49.0 Å². The Morgan fingerprint density at radius 1 is 1.29 bits per heavy atom. The maximum absolute atomic E-state index is 13.7. The molecule has 35 heavy (non-hydrogen) atoms. The van der Waals surface area contributed by atoms with Crippen LogP contribution < -0.4 is 26.4 Å². The van der Waals surface area contributed by atoms with E-state index in [0.29, 0.717) is 12.2 Å². The van der Waals surface area contributed by atoms with Gasteiger partial charge in [0.05, 0.1) is 18.9 Å². The second-order valence-corrected chi connectivity index (χ2v) is 9.31. The molecule has 9 nitrogen and oxygen atoms in total. The van der Waals surface area contributed by atoms with Gasteiger partial charge in [-0.05, 0) is 37.5 Å². The van der Waals surface area contributed by atoms with Crippen LogP contribution in [0.5, 0.6) is 5.75 Å². The molecule has 0 unspecified atom stereocenters. The summed E-state index contributed by atoms with van der Waals surface area (Å²) >= 11 is 0.810. The minimum absolute atomic E-state index is 0.00706. The van der Waals surface area contributed by atoms with Gasteiger partial charge in [-0.1, -0.05) is 11.3 Å². The molecule has 1 saturated heterocycles. The summed E-state index contributed by atoms with van der Waals surface area (Å²) in [5.74, 6) is 0.144. The molecular formula is C22H26F3N7O2S. The monoisotopic (exact) mass is 509 g/mol. The van der Waals surface area contributed by atoms with Crippen LogP contribution in [0.25, 0.3) is 10.6 Å². The van der Waals surface area contributed by atoms with Gasteiger partial charge < -0.3 is 26.4 Å². The third-order valence-corrected chi connectivity index (χ3v) is 6.78. The topological polar surface area (TPSA) is 124 Å². The summed E-state index contributed by atoms with van der Waals surface area (Å²) in [5.41, 5.74) is 11.3. The van der Waals surface area contributed by atoms with Gasteiger partial charge in [0.1, 0.15) is 21.4 Å². The number of methoxy groups -OCH3 is 1. The number of carbonyl (C=O) groups excluding carboxylic acids is 1. The summed E-state index contributed by atoms with van der Waals surface area (Å²) in [6, 6.07) is 3.67. The molecule has 13 heteroatoms. The SMILES string of the molecule is COc1ccc(-c2nc(C(=O)Nc3cnn(C)c3N3CCC[C@@H](N)CC3)c(N)s2)c(C(F)(F)F)c1. The van der Waals surface area contributed by atoms with Crippen molar-refractivity contribution in [3.05, 3.63) is 35.7 Å². The Hall–Kier alpha value is -3.32. The molecule has 0 saturated carbocycles. The predicted octanol–water partition coefficient (Wildman–Crippen LogP) is 3.72. The van der Waals surface area contributed by atoms with E-state index in [1.807, 2.05) is 0 Å². The third-order valence-electron chi connectivity index (χ3n) is 5.86. The van der Waals surface area contributed by atoms with Crippen molar-refractivity contribution in [1.29, 1.82) is 0 Å². The van der Waals surface area contributed by atoms with E-state index in [1.54, 1.807) is 11.7 Å². The summed E-state index contributed by atoms with van der Waals surface area (Å²) in [4.78, 5) is 19.3. The maximum Gasteiger partial charge on any atom is 0.417 e. The first-order valence-corrected chi connectivity index (χ1v) is 11.8. The lowest BCUT2D eigenvalue weighted by Crippen LogP contribution is -2.29. The van der Waals surface area contributed by atoms with E-state index < -0.39 is 17.6 Å². The van der Waals surface area contributed by atoms with Crippen molar-refractivity contribution in [1.82, 2.24) is 14.8 Å². The van der Waals surface area contributed by atoms with E-state index in [2.05, 4.69) is 20.3 Å². The van der Waals surface area contributed by atoms with E-state index in [9.17, 15) is 18.0 Å². The molecule has 5 N–H and O–H groups in total. The van der Waals surface area contributed by atoms with Crippen LogP contribution >= 0.6 is 11.3 Å². The van der Waals surface area contributed by atoms with Gasteiger partial charge in [0.2, 0.25) is 0 Å². The number of alkyl halides is 3. The Bertz CT molecular complexity index is 1220. The Kier molecular flexibility index (Phi) is 6.90. The zero-order valence-electron chi connectivity index (χ0n) is 19.2. The molecule has 0 spiro atoms. The summed E-state index contributed by atoms with van der Waals surface area (Å²) in [7, 11) is 3.05. The Morgan fingerprint density at radius 3 is 2.77 bits per heavy atom. The van der Waals surface area contributed by atoms with E-state index in [1.165, 1.54) is 25.4 Å². The first kappa shape index (κ1) is 24.8. The minimum atomic E-state index is -4.65. The van der Waals surface area contributed by atoms with Crippen molar-refractivity contribution in [2.75, 3.05) is 36.1 Å². The van der Waals surface area contributed by atoms with Crippen LogP contribution in [0.4, 0.5) is 29.7 Å². The number of aryl methyl sites for hydroxylation is 1. The standard InChI is InChI=1S/C22H26F3N7O2S/c1-31-21(32-8-3-4-12(26)7-9-32)16(11-28-31)29-19(33)17-18(27)35-20(30-17)14-6-5-13(34-2)10-15(14)22(23,24)25/h5-6,10-12H,3-4,7-9,26-27H2,1-2H3,(H,29,33)/t12-/m1/s1. The zero-order chi connectivity index (χ0) is 25.3. The third kappa shape index (κ3) is 5.20. The number of nitrogens with zero attached hydrogens (tertiary/aromatic N) is 4. The molecule has 3 heterocycles. The fourth-order valence-corrected chi connectivity index (χ4v) is 4.96. The maximum atomic E-state index is 13.7. The molecule has 0 radical (unpaired) electrons. The largest absolute Gasteiger partial charge is 0.497 e. The predicted molar refractivity (Wildman–Crippen MR) is 129 cm³/mol. The van der Waals surface area contributed by atoms with Gasteiger partial charge in [-0.2, -0.15) is 18.3 Å². The molecule has 3 aromatic rings. The van der Waals surface area contributed by atoms with Gasteiger partial charge >= 0.3 is 6.18 Å². The van der Waals surface area contributed by atoms with Crippen LogP contribution in [0, 0.1) is 0 Å². The average molecular weight is 510 g/mol. The molecule has 0 bridgehead atoms. The van der Waals surface area contributed by atoms with Crippen molar-refractivity contribution in [3.63, 3.8) is 0 Å². The van der Waals surface area contributed by atoms with Crippen molar-refractivity contribution in [2.45, 2.75) is 31.5 Å². The summed E-state index contributed by atoms with van der Waals surface area (Å²) in [6.07, 6.45) is -0.491. The van der Waals surface area contributed by atoms with Gasteiger partial charge in [-0.25, -0.2) is 4.98 Å². The number of rotatable bonds is 5. The molecule has 1 atom stereocenters. The van der Waals surface area contributed by atoms with Crippen molar-refractivity contribution >= 4 is 33.8 Å². The molecule has 1 aliphatic rings.